The molecular weight excluding hydrogens is 286 g/mol. The molecule has 0 amide bonds. The molecule has 0 aromatic heterocycles. The van der Waals surface area contributed by atoms with Crippen LogP contribution in [0.5, 0.6) is 0 Å². The molecular formula is C17H12ClNO2. The first-order chi connectivity index (χ1) is 10.1. The quantitative estimate of drug-likeness (QED) is 0.918. The van der Waals surface area contributed by atoms with Gasteiger partial charge in [0, 0.05) is 23.9 Å². The molecule has 1 aliphatic carbocycles. The lowest BCUT2D eigenvalue weighted by molar-refractivity contribution is 0.0998. The van der Waals surface area contributed by atoms with Gasteiger partial charge in [-0.25, -0.2) is 0 Å². The lowest BCUT2D eigenvalue weighted by Gasteiger charge is -2.18. The van der Waals surface area contributed by atoms with Crippen LogP contribution in [0.1, 0.15) is 26.3 Å². The van der Waals surface area contributed by atoms with E-state index in [0.717, 1.165) is 5.69 Å². The lowest BCUT2D eigenvalue weighted by Crippen LogP contribution is -2.19. The third-order valence-corrected chi connectivity index (χ3v) is 3.89. The fourth-order valence-electron chi connectivity index (χ4n) is 2.41. The van der Waals surface area contributed by atoms with Gasteiger partial charge in [0.25, 0.3) is 0 Å². The van der Waals surface area contributed by atoms with Crippen molar-refractivity contribution in [1.82, 2.24) is 0 Å². The van der Waals surface area contributed by atoms with Gasteiger partial charge in [-0.05, 0) is 17.7 Å². The summed E-state index contributed by atoms with van der Waals surface area (Å²) >= 11 is 6.16. The normalized spacial score (nSPS) is 14.2. The Labute approximate surface area is 127 Å². The van der Waals surface area contributed by atoms with Crippen LogP contribution in [0.4, 0.5) is 5.69 Å². The van der Waals surface area contributed by atoms with Crippen LogP contribution in [0.3, 0.4) is 0 Å². The number of carbonyl (C=O) groups excluding carboxylic acids is 2. The molecule has 1 N–H and O–H groups in total. The van der Waals surface area contributed by atoms with Crippen molar-refractivity contribution in [2.75, 3.05) is 12.4 Å². The predicted octanol–water partition coefficient (Wildman–Crippen LogP) is 3.76. The zero-order chi connectivity index (χ0) is 15.0. The second-order valence-corrected chi connectivity index (χ2v) is 5.10. The molecule has 1 aliphatic rings. The van der Waals surface area contributed by atoms with Crippen LogP contribution in [0, 0.1) is 0 Å². The van der Waals surface area contributed by atoms with Crippen molar-refractivity contribution in [2.45, 2.75) is 0 Å². The van der Waals surface area contributed by atoms with Gasteiger partial charge in [0.2, 0.25) is 5.78 Å². The van der Waals surface area contributed by atoms with Crippen molar-refractivity contribution in [2.24, 2.45) is 0 Å². The van der Waals surface area contributed by atoms with Gasteiger partial charge in [-0.1, -0.05) is 48.0 Å². The molecule has 3 nitrogen and oxygen atoms in total. The molecule has 0 radical (unpaired) electrons. The van der Waals surface area contributed by atoms with Crippen LogP contribution in [0.15, 0.2) is 53.6 Å². The van der Waals surface area contributed by atoms with Gasteiger partial charge in [-0.3, -0.25) is 9.59 Å². The average Bonchev–Trinajstić information content (AvgIpc) is 2.53. The van der Waals surface area contributed by atoms with Crippen molar-refractivity contribution in [3.63, 3.8) is 0 Å². The smallest absolute Gasteiger partial charge is 0.205 e. The molecule has 0 saturated carbocycles. The van der Waals surface area contributed by atoms with Gasteiger partial charge in [0.15, 0.2) is 5.78 Å². The number of hydrogen-bond donors (Lipinski definition) is 1. The summed E-state index contributed by atoms with van der Waals surface area (Å²) in [6, 6.07) is 14.0. The summed E-state index contributed by atoms with van der Waals surface area (Å²) in [7, 11) is 1.81. The van der Waals surface area contributed by atoms with Crippen LogP contribution in [0.2, 0.25) is 0 Å². The first-order valence-corrected chi connectivity index (χ1v) is 6.87. The van der Waals surface area contributed by atoms with E-state index in [1.54, 1.807) is 36.4 Å². The Morgan fingerprint density at radius 3 is 2.00 bits per heavy atom. The molecule has 0 atom stereocenters. The fourth-order valence-corrected chi connectivity index (χ4v) is 2.70. The standard InChI is InChI=1S/C17H12ClNO2/c1-19-11-8-6-10(7-9-11)14-15(18)17(21)13-5-3-2-4-12(13)16(14)20/h2-9,19H,1H3. The Balaban J connectivity index is 2.15. The summed E-state index contributed by atoms with van der Waals surface area (Å²) in [5, 5.41) is 2.99. The van der Waals surface area contributed by atoms with E-state index < -0.39 is 0 Å². The van der Waals surface area contributed by atoms with E-state index in [1.165, 1.54) is 0 Å². The van der Waals surface area contributed by atoms with Gasteiger partial charge in [0.05, 0.1) is 5.57 Å². The highest BCUT2D eigenvalue weighted by atomic mass is 35.5. The third-order valence-electron chi connectivity index (χ3n) is 3.52. The van der Waals surface area contributed by atoms with E-state index in [9.17, 15) is 9.59 Å². The number of anilines is 1. The number of halogens is 1. The van der Waals surface area contributed by atoms with Gasteiger partial charge in [0.1, 0.15) is 5.03 Å². The molecule has 4 heteroatoms. The van der Waals surface area contributed by atoms with Gasteiger partial charge >= 0.3 is 0 Å². The first kappa shape index (κ1) is 13.6. The van der Waals surface area contributed by atoms with E-state index in [2.05, 4.69) is 5.32 Å². The van der Waals surface area contributed by atoms with Crippen LogP contribution < -0.4 is 5.32 Å². The number of benzene rings is 2. The monoisotopic (exact) mass is 297 g/mol. The number of Topliss-reactive ketones (excluding diaryl/α,β-unsaturated/α-hetero) is 2. The summed E-state index contributed by atoms with van der Waals surface area (Å²) in [6.07, 6.45) is 0. The average molecular weight is 298 g/mol. The highest BCUT2D eigenvalue weighted by Gasteiger charge is 2.31. The molecule has 0 bridgehead atoms. The van der Waals surface area contributed by atoms with Crippen LogP contribution >= 0.6 is 11.6 Å². The Hall–Kier alpha value is -2.39. The van der Waals surface area contributed by atoms with Crippen LogP contribution in [0.25, 0.3) is 5.57 Å². The number of carbonyl (C=O) groups is 2. The third kappa shape index (κ3) is 2.16. The Kier molecular flexibility index (Phi) is 3.35. The number of ketones is 2. The Morgan fingerprint density at radius 1 is 0.857 bits per heavy atom. The molecule has 104 valence electrons. The van der Waals surface area contributed by atoms with Crippen molar-refractivity contribution in [3.05, 3.63) is 70.3 Å². The molecule has 0 fully saturated rings. The number of hydrogen-bond acceptors (Lipinski definition) is 3. The maximum absolute atomic E-state index is 12.6. The summed E-state index contributed by atoms with van der Waals surface area (Å²) in [4.78, 5) is 24.9. The number of allylic oxidation sites excluding steroid dienone is 2. The Bertz CT molecular complexity index is 776. The summed E-state index contributed by atoms with van der Waals surface area (Å²) < 4.78 is 0. The molecule has 0 spiro atoms. The molecule has 0 heterocycles. The maximum Gasteiger partial charge on any atom is 0.205 e. The van der Waals surface area contributed by atoms with E-state index in [1.807, 2.05) is 19.2 Å². The molecule has 0 aliphatic heterocycles. The minimum absolute atomic E-state index is 0.0177. The minimum Gasteiger partial charge on any atom is -0.388 e. The van der Waals surface area contributed by atoms with Crippen molar-refractivity contribution < 1.29 is 9.59 Å². The van der Waals surface area contributed by atoms with E-state index in [-0.39, 0.29) is 22.2 Å². The number of nitrogens with one attached hydrogen (secondary N) is 1. The molecule has 0 saturated heterocycles. The van der Waals surface area contributed by atoms with Crippen molar-refractivity contribution in [1.29, 1.82) is 0 Å². The van der Waals surface area contributed by atoms with Crippen LogP contribution in [-0.2, 0) is 0 Å². The zero-order valence-corrected chi connectivity index (χ0v) is 12.1. The van der Waals surface area contributed by atoms with E-state index in [4.69, 9.17) is 11.6 Å². The number of fused-ring (bicyclic) bond motifs is 1. The summed E-state index contributed by atoms with van der Waals surface area (Å²) in [5.74, 6) is -0.521. The highest BCUT2D eigenvalue weighted by Crippen LogP contribution is 2.34. The van der Waals surface area contributed by atoms with Crippen molar-refractivity contribution in [3.8, 4) is 0 Å². The minimum atomic E-state index is -0.306. The van der Waals surface area contributed by atoms with Crippen LogP contribution in [-0.4, -0.2) is 18.6 Å². The predicted molar refractivity (Wildman–Crippen MR) is 83.9 cm³/mol. The molecule has 2 aromatic rings. The highest BCUT2D eigenvalue weighted by molar-refractivity contribution is 6.56. The Morgan fingerprint density at radius 2 is 1.43 bits per heavy atom. The molecule has 21 heavy (non-hydrogen) atoms. The number of rotatable bonds is 2. The van der Waals surface area contributed by atoms with E-state index >= 15 is 0 Å². The van der Waals surface area contributed by atoms with Gasteiger partial charge in [-0.15, -0.1) is 0 Å². The zero-order valence-electron chi connectivity index (χ0n) is 11.3. The lowest BCUT2D eigenvalue weighted by atomic mass is 9.86. The second-order valence-electron chi connectivity index (χ2n) is 4.72. The second kappa shape index (κ2) is 5.19. The molecule has 3 rings (SSSR count). The fraction of sp³-hybridized carbons (Fsp3) is 0.0588. The SMILES string of the molecule is CNc1ccc(C2=C(Cl)C(=O)c3ccccc3C2=O)cc1. The van der Waals surface area contributed by atoms with E-state index in [0.29, 0.717) is 16.7 Å². The topological polar surface area (TPSA) is 46.2 Å². The molecule has 0 unspecified atom stereocenters. The largest absolute Gasteiger partial charge is 0.388 e. The van der Waals surface area contributed by atoms with Crippen molar-refractivity contribution >= 4 is 34.4 Å². The van der Waals surface area contributed by atoms with Gasteiger partial charge < -0.3 is 5.32 Å². The summed E-state index contributed by atoms with van der Waals surface area (Å²) in [5.41, 5.74) is 2.60. The molecule has 2 aromatic carbocycles. The first-order valence-electron chi connectivity index (χ1n) is 6.50. The summed E-state index contributed by atoms with van der Waals surface area (Å²) in [6.45, 7) is 0. The van der Waals surface area contributed by atoms with Gasteiger partial charge in [-0.2, -0.15) is 0 Å². The maximum atomic E-state index is 12.6.